The number of hydrogen-bond acceptors (Lipinski definition) is 3. The second-order valence-corrected chi connectivity index (χ2v) is 5.66. The van der Waals surface area contributed by atoms with E-state index < -0.39 is 0 Å². The molecule has 4 heteroatoms. The Morgan fingerprint density at radius 3 is 2.53 bits per heavy atom. The summed E-state index contributed by atoms with van der Waals surface area (Å²) in [7, 11) is 0. The van der Waals surface area contributed by atoms with E-state index in [1.807, 2.05) is 36.4 Å². The van der Waals surface area contributed by atoms with Gasteiger partial charge in [0.05, 0.1) is 5.69 Å². The first kappa shape index (κ1) is 12.3. The second kappa shape index (κ2) is 5.11. The maximum Gasteiger partial charge on any atom is 0.161 e. The predicted octanol–water partition coefficient (Wildman–Crippen LogP) is 4.83. The number of nitrogens with zero attached hydrogens (tertiary/aromatic N) is 2. The van der Waals surface area contributed by atoms with Crippen LogP contribution >= 0.6 is 22.9 Å². The molecule has 0 saturated heterocycles. The lowest BCUT2D eigenvalue weighted by atomic mass is 10.1. The molecule has 3 aromatic rings. The average Bonchev–Trinajstić information content (AvgIpc) is 2.85. The van der Waals surface area contributed by atoms with E-state index in [0.29, 0.717) is 11.0 Å². The van der Waals surface area contributed by atoms with Gasteiger partial charge in [0.2, 0.25) is 0 Å². The molecule has 0 amide bonds. The molecule has 0 radical (unpaired) electrons. The zero-order valence-electron chi connectivity index (χ0n) is 10.3. The van der Waals surface area contributed by atoms with Crippen molar-refractivity contribution < 1.29 is 0 Å². The van der Waals surface area contributed by atoms with Crippen LogP contribution in [-0.2, 0) is 0 Å². The SMILES string of the molecule is Cc1sccc1-c1cc(Cl)nc(-c2ccccc2)n1. The molecule has 0 atom stereocenters. The van der Waals surface area contributed by atoms with Gasteiger partial charge in [0.1, 0.15) is 5.15 Å². The lowest BCUT2D eigenvalue weighted by Gasteiger charge is -2.05. The third-order valence-corrected chi connectivity index (χ3v) is 3.90. The summed E-state index contributed by atoms with van der Waals surface area (Å²) in [4.78, 5) is 10.1. The summed E-state index contributed by atoms with van der Waals surface area (Å²) < 4.78 is 0. The summed E-state index contributed by atoms with van der Waals surface area (Å²) in [5.74, 6) is 0.661. The van der Waals surface area contributed by atoms with E-state index in [0.717, 1.165) is 16.8 Å². The van der Waals surface area contributed by atoms with Crippen molar-refractivity contribution in [2.45, 2.75) is 6.92 Å². The molecular weight excluding hydrogens is 276 g/mol. The molecule has 0 aliphatic carbocycles. The predicted molar refractivity (Wildman–Crippen MR) is 80.5 cm³/mol. The minimum Gasteiger partial charge on any atom is -0.228 e. The van der Waals surface area contributed by atoms with E-state index >= 15 is 0 Å². The summed E-state index contributed by atoms with van der Waals surface area (Å²) >= 11 is 7.82. The normalized spacial score (nSPS) is 10.6. The van der Waals surface area contributed by atoms with Gasteiger partial charge in [-0.05, 0) is 18.4 Å². The van der Waals surface area contributed by atoms with Crippen LogP contribution in [0.5, 0.6) is 0 Å². The molecule has 0 aliphatic heterocycles. The molecule has 0 N–H and O–H groups in total. The van der Waals surface area contributed by atoms with Gasteiger partial charge in [-0.2, -0.15) is 0 Å². The number of halogens is 1. The fourth-order valence-electron chi connectivity index (χ4n) is 1.92. The van der Waals surface area contributed by atoms with Crippen molar-refractivity contribution in [2.24, 2.45) is 0 Å². The fourth-order valence-corrected chi connectivity index (χ4v) is 2.81. The first-order chi connectivity index (χ1) is 9.24. The van der Waals surface area contributed by atoms with Crippen LogP contribution < -0.4 is 0 Å². The van der Waals surface area contributed by atoms with E-state index in [-0.39, 0.29) is 0 Å². The molecule has 1 aromatic carbocycles. The van der Waals surface area contributed by atoms with Gasteiger partial charge in [-0.3, -0.25) is 0 Å². The second-order valence-electron chi connectivity index (χ2n) is 4.16. The Balaban J connectivity index is 2.14. The zero-order chi connectivity index (χ0) is 13.2. The molecular formula is C15H11ClN2S. The van der Waals surface area contributed by atoms with Crippen LogP contribution in [0, 0.1) is 6.92 Å². The van der Waals surface area contributed by atoms with Gasteiger partial charge >= 0.3 is 0 Å². The molecule has 0 spiro atoms. The van der Waals surface area contributed by atoms with Crippen LogP contribution in [0.4, 0.5) is 0 Å². The highest BCUT2D eigenvalue weighted by Crippen LogP contribution is 2.29. The Morgan fingerprint density at radius 1 is 1.05 bits per heavy atom. The summed E-state index contributed by atoms with van der Waals surface area (Å²) in [6.07, 6.45) is 0. The van der Waals surface area contributed by atoms with Gasteiger partial charge < -0.3 is 0 Å². The van der Waals surface area contributed by atoms with Gasteiger partial charge in [0.25, 0.3) is 0 Å². The smallest absolute Gasteiger partial charge is 0.161 e. The summed E-state index contributed by atoms with van der Waals surface area (Å²) in [5, 5.41) is 2.53. The quantitative estimate of drug-likeness (QED) is 0.630. The summed E-state index contributed by atoms with van der Waals surface area (Å²) in [6, 6.07) is 13.7. The van der Waals surface area contributed by atoms with Gasteiger partial charge in [-0.1, -0.05) is 41.9 Å². The molecule has 0 saturated carbocycles. The number of rotatable bonds is 2. The maximum atomic E-state index is 6.12. The van der Waals surface area contributed by atoms with Gasteiger partial charge in [-0.15, -0.1) is 11.3 Å². The maximum absolute atomic E-state index is 6.12. The number of aromatic nitrogens is 2. The van der Waals surface area contributed by atoms with Crippen molar-refractivity contribution in [1.82, 2.24) is 9.97 Å². The van der Waals surface area contributed by atoms with Crippen LogP contribution in [0.25, 0.3) is 22.6 Å². The van der Waals surface area contributed by atoms with Gasteiger partial charge in [0, 0.05) is 22.1 Å². The summed E-state index contributed by atoms with van der Waals surface area (Å²) in [5.41, 5.74) is 2.96. The number of aryl methyl sites for hydroxylation is 1. The molecule has 19 heavy (non-hydrogen) atoms. The minimum absolute atomic E-state index is 0.467. The van der Waals surface area contributed by atoms with Crippen molar-refractivity contribution in [3.63, 3.8) is 0 Å². The lowest BCUT2D eigenvalue weighted by molar-refractivity contribution is 1.18. The summed E-state index contributed by atoms with van der Waals surface area (Å²) in [6.45, 7) is 2.08. The van der Waals surface area contributed by atoms with E-state index in [1.165, 1.54) is 4.88 Å². The monoisotopic (exact) mass is 286 g/mol. The molecule has 2 heterocycles. The molecule has 3 rings (SSSR count). The topological polar surface area (TPSA) is 25.8 Å². The molecule has 94 valence electrons. The van der Waals surface area contributed by atoms with Crippen molar-refractivity contribution in [3.05, 3.63) is 57.9 Å². The van der Waals surface area contributed by atoms with E-state index in [1.54, 1.807) is 11.3 Å². The van der Waals surface area contributed by atoms with E-state index in [9.17, 15) is 0 Å². The van der Waals surface area contributed by atoms with Crippen molar-refractivity contribution >= 4 is 22.9 Å². The zero-order valence-corrected chi connectivity index (χ0v) is 11.9. The van der Waals surface area contributed by atoms with Crippen molar-refractivity contribution in [2.75, 3.05) is 0 Å². The van der Waals surface area contributed by atoms with Gasteiger partial charge in [0.15, 0.2) is 5.82 Å². The Morgan fingerprint density at radius 2 is 1.84 bits per heavy atom. The standard InChI is InChI=1S/C15H11ClN2S/c1-10-12(7-8-19-10)13-9-14(16)18-15(17-13)11-5-3-2-4-6-11/h2-9H,1H3. The Hall–Kier alpha value is -1.71. The molecule has 2 nitrogen and oxygen atoms in total. The first-order valence-corrected chi connectivity index (χ1v) is 7.14. The Bertz CT molecular complexity index is 707. The highest BCUT2D eigenvalue weighted by atomic mass is 35.5. The van der Waals surface area contributed by atoms with Crippen LogP contribution in [0.3, 0.4) is 0 Å². The van der Waals surface area contributed by atoms with Crippen LogP contribution in [0.2, 0.25) is 5.15 Å². The average molecular weight is 287 g/mol. The number of benzene rings is 1. The van der Waals surface area contributed by atoms with Crippen molar-refractivity contribution in [1.29, 1.82) is 0 Å². The first-order valence-electron chi connectivity index (χ1n) is 5.88. The van der Waals surface area contributed by atoms with Crippen LogP contribution in [0.15, 0.2) is 47.8 Å². The highest BCUT2D eigenvalue weighted by Gasteiger charge is 2.09. The lowest BCUT2D eigenvalue weighted by Crippen LogP contribution is -1.92. The molecule has 0 unspecified atom stereocenters. The van der Waals surface area contributed by atoms with Crippen LogP contribution in [-0.4, -0.2) is 9.97 Å². The Labute approximate surface area is 120 Å². The third-order valence-electron chi connectivity index (χ3n) is 2.86. The number of hydrogen-bond donors (Lipinski definition) is 0. The highest BCUT2D eigenvalue weighted by molar-refractivity contribution is 7.10. The van der Waals surface area contributed by atoms with Crippen LogP contribution in [0.1, 0.15) is 4.88 Å². The number of thiophene rings is 1. The third kappa shape index (κ3) is 2.53. The Kier molecular flexibility index (Phi) is 3.32. The van der Waals surface area contributed by atoms with E-state index in [2.05, 4.69) is 28.3 Å². The largest absolute Gasteiger partial charge is 0.228 e. The van der Waals surface area contributed by atoms with E-state index in [4.69, 9.17) is 11.6 Å². The molecule has 0 aliphatic rings. The van der Waals surface area contributed by atoms with Crippen molar-refractivity contribution in [3.8, 4) is 22.6 Å². The minimum atomic E-state index is 0.467. The molecule has 2 aromatic heterocycles. The van der Waals surface area contributed by atoms with Gasteiger partial charge in [-0.25, -0.2) is 9.97 Å². The molecule has 0 fully saturated rings. The fraction of sp³-hybridized carbons (Fsp3) is 0.0667. The molecule has 0 bridgehead atoms.